The maximum Gasteiger partial charge on any atom is 0.0702 e. The molecular formula is C17H13N. The van der Waals surface area contributed by atoms with Crippen LogP contribution in [-0.2, 0) is 0 Å². The van der Waals surface area contributed by atoms with Crippen molar-refractivity contribution in [2.45, 2.75) is 0 Å². The van der Waals surface area contributed by atoms with Gasteiger partial charge in [0.2, 0.25) is 0 Å². The lowest BCUT2D eigenvalue weighted by Gasteiger charge is -1.98. The monoisotopic (exact) mass is 231 g/mol. The first-order valence-corrected chi connectivity index (χ1v) is 6.00. The Kier molecular flexibility index (Phi) is 2.89. The lowest BCUT2D eigenvalue weighted by Crippen LogP contribution is -1.80. The van der Waals surface area contributed by atoms with E-state index in [1.54, 1.807) is 0 Å². The summed E-state index contributed by atoms with van der Waals surface area (Å²) in [6.07, 6.45) is 6.10. The van der Waals surface area contributed by atoms with Crippen molar-refractivity contribution in [3.8, 4) is 0 Å². The number of benzene rings is 2. The Morgan fingerprint density at radius 3 is 2.33 bits per heavy atom. The Morgan fingerprint density at radius 2 is 1.44 bits per heavy atom. The predicted octanol–water partition coefficient (Wildman–Crippen LogP) is 4.41. The molecule has 0 saturated carbocycles. The first-order valence-electron chi connectivity index (χ1n) is 6.00. The first kappa shape index (κ1) is 10.7. The van der Waals surface area contributed by atoms with E-state index >= 15 is 0 Å². The van der Waals surface area contributed by atoms with Gasteiger partial charge in [-0.3, -0.25) is 4.98 Å². The van der Waals surface area contributed by atoms with Crippen LogP contribution in [0.1, 0.15) is 11.1 Å². The number of aromatic nitrogens is 1. The second-order valence-electron chi connectivity index (χ2n) is 4.21. The molecule has 3 rings (SSSR count). The van der Waals surface area contributed by atoms with Crippen LogP contribution in [0.25, 0.3) is 23.1 Å². The minimum Gasteiger partial charge on any atom is -0.256 e. The van der Waals surface area contributed by atoms with Gasteiger partial charge in [-0.15, -0.1) is 0 Å². The van der Waals surface area contributed by atoms with Crippen molar-refractivity contribution in [2.75, 3.05) is 0 Å². The summed E-state index contributed by atoms with van der Waals surface area (Å²) in [6, 6.07) is 20.6. The zero-order chi connectivity index (χ0) is 12.2. The third-order valence-corrected chi connectivity index (χ3v) is 2.88. The molecule has 0 fully saturated rings. The van der Waals surface area contributed by atoms with Crippen LogP contribution in [0, 0.1) is 0 Å². The molecule has 2 aromatic carbocycles. The van der Waals surface area contributed by atoms with Gasteiger partial charge in [-0.25, -0.2) is 0 Å². The Labute approximate surface area is 106 Å². The van der Waals surface area contributed by atoms with E-state index in [1.165, 1.54) is 10.9 Å². The van der Waals surface area contributed by atoms with E-state index in [0.29, 0.717) is 0 Å². The van der Waals surface area contributed by atoms with E-state index < -0.39 is 0 Å². The van der Waals surface area contributed by atoms with E-state index in [9.17, 15) is 0 Å². The number of pyridine rings is 1. The molecule has 1 nitrogen and oxygen atoms in total. The van der Waals surface area contributed by atoms with Crippen LogP contribution in [0.5, 0.6) is 0 Å². The molecule has 0 bridgehead atoms. The van der Waals surface area contributed by atoms with Gasteiger partial charge in [-0.2, -0.15) is 0 Å². The molecule has 1 aromatic heterocycles. The molecule has 1 heterocycles. The van der Waals surface area contributed by atoms with E-state index in [4.69, 9.17) is 0 Å². The highest BCUT2D eigenvalue weighted by molar-refractivity contribution is 5.82. The van der Waals surface area contributed by atoms with Gasteiger partial charge in [0.05, 0.1) is 5.52 Å². The summed E-state index contributed by atoms with van der Waals surface area (Å²) in [5.74, 6) is 0. The molecule has 1 heteroatoms. The minimum absolute atomic E-state index is 1.04. The van der Waals surface area contributed by atoms with E-state index in [-0.39, 0.29) is 0 Å². The Balaban J connectivity index is 1.93. The van der Waals surface area contributed by atoms with Gasteiger partial charge in [-0.05, 0) is 23.3 Å². The molecule has 0 aliphatic heterocycles. The summed E-state index contributed by atoms with van der Waals surface area (Å²) in [7, 11) is 0. The largest absolute Gasteiger partial charge is 0.256 e. The molecule has 0 saturated heterocycles. The normalized spacial score (nSPS) is 11.1. The molecular weight excluding hydrogens is 218 g/mol. The van der Waals surface area contributed by atoms with Gasteiger partial charge in [0.1, 0.15) is 0 Å². The summed E-state index contributed by atoms with van der Waals surface area (Å²) < 4.78 is 0. The number of nitrogens with zero attached hydrogens (tertiary/aromatic N) is 1. The van der Waals surface area contributed by atoms with Crippen LogP contribution in [0.2, 0.25) is 0 Å². The molecule has 0 radical (unpaired) electrons. The van der Waals surface area contributed by atoms with E-state index in [0.717, 1.165) is 11.1 Å². The van der Waals surface area contributed by atoms with Gasteiger partial charge < -0.3 is 0 Å². The SMILES string of the molecule is C(=Cc1cnc2ccccc2c1)c1ccccc1. The van der Waals surface area contributed by atoms with Crippen molar-refractivity contribution in [2.24, 2.45) is 0 Å². The maximum atomic E-state index is 4.44. The number of rotatable bonds is 2. The molecule has 86 valence electrons. The first-order chi connectivity index (χ1) is 8.92. The number of para-hydroxylation sites is 1. The van der Waals surface area contributed by atoms with Crippen LogP contribution in [-0.4, -0.2) is 4.98 Å². The van der Waals surface area contributed by atoms with Gasteiger partial charge in [0.15, 0.2) is 0 Å². The third-order valence-electron chi connectivity index (χ3n) is 2.88. The smallest absolute Gasteiger partial charge is 0.0702 e. The number of hydrogen-bond acceptors (Lipinski definition) is 1. The molecule has 0 atom stereocenters. The molecule has 0 spiro atoms. The summed E-state index contributed by atoms with van der Waals surface area (Å²) in [5.41, 5.74) is 3.36. The lowest BCUT2D eigenvalue weighted by molar-refractivity contribution is 1.40. The van der Waals surface area contributed by atoms with Crippen LogP contribution in [0.15, 0.2) is 66.9 Å². The molecule has 0 amide bonds. The van der Waals surface area contributed by atoms with Crippen LogP contribution in [0.4, 0.5) is 0 Å². The fourth-order valence-electron chi connectivity index (χ4n) is 1.94. The molecule has 0 N–H and O–H groups in total. The third kappa shape index (κ3) is 2.30. The van der Waals surface area contributed by atoms with Crippen LogP contribution >= 0.6 is 0 Å². The van der Waals surface area contributed by atoms with Crippen molar-refractivity contribution >= 4 is 23.1 Å². The zero-order valence-corrected chi connectivity index (χ0v) is 9.95. The summed E-state index contributed by atoms with van der Waals surface area (Å²) in [5, 5.41) is 1.17. The van der Waals surface area contributed by atoms with Crippen molar-refractivity contribution in [1.82, 2.24) is 4.98 Å². The Hall–Kier alpha value is -2.41. The van der Waals surface area contributed by atoms with Crippen molar-refractivity contribution in [1.29, 1.82) is 0 Å². The molecule has 0 aliphatic carbocycles. The van der Waals surface area contributed by atoms with Crippen molar-refractivity contribution in [3.63, 3.8) is 0 Å². The fraction of sp³-hybridized carbons (Fsp3) is 0. The molecule has 3 aromatic rings. The highest BCUT2D eigenvalue weighted by atomic mass is 14.6. The maximum absolute atomic E-state index is 4.44. The molecule has 18 heavy (non-hydrogen) atoms. The summed E-state index contributed by atoms with van der Waals surface area (Å²) >= 11 is 0. The van der Waals surface area contributed by atoms with Crippen LogP contribution < -0.4 is 0 Å². The van der Waals surface area contributed by atoms with Crippen molar-refractivity contribution in [3.05, 3.63) is 78.0 Å². The van der Waals surface area contributed by atoms with Crippen molar-refractivity contribution < 1.29 is 0 Å². The van der Waals surface area contributed by atoms with Crippen LogP contribution in [0.3, 0.4) is 0 Å². The standard InChI is InChI=1S/C17H13N/c1-2-6-14(7-3-1)10-11-15-12-16-8-4-5-9-17(16)18-13-15/h1-13H. The summed E-state index contributed by atoms with van der Waals surface area (Å²) in [6.45, 7) is 0. The quantitative estimate of drug-likeness (QED) is 0.636. The number of hydrogen-bond donors (Lipinski definition) is 0. The molecule has 0 unspecified atom stereocenters. The van der Waals surface area contributed by atoms with Gasteiger partial charge in [-0.1, -0.05) is 60.7 Å². The average Bonchev–Trinajstić information content (AvgIpc) is 2.46. The van der Waals surface area contributed by atoms with E-state index in [1.807, 2.05) is 42.6 Å². The lowest BCUT2D eigenvalue weighted by atomic mass is 10.1. The Bertz CT molecular complexity index is 684. The average molecular weight is 231 g/mol. The highest BCUT2D eigenvalue weighted by Gasteiger charge is 1.94. The predicted molar refractivity (Wildman–Crippen MR) is 77.1 cm³/mol. The minimum atomic E-state index is 1.04. The summed E-state index contributed by atoms with van der Waals surface area (Å²) in [4.78, 5) is 4.44. The fourth-order valence-corrected chi connectivity index (χ4v) is 1.94. The zero-order valence-electron chi connectivity index (χ0n) is 9.95. The molecule has 0 aliphatic rings. The van der Waals surface area contributed by atoms with Gasteiger partial charge in [0.25, 0.3) is 0 Å². The highest BCUT2D eigenvalue weighted by Crippen LogP contribution is 2.14. The Morgan fingerprint density at radius 1 is 0.722 bits per heavy atom. The second kappa shape index (κ2) is 4.84. The van der Waals surface area contributed by atoms with Gasteiger partial charge >= 0.3 is 0 Å². The van der Waals surface area contributed by atoms with E-state index in [2.05, 4.69) is 41.4 Å². The van der Waals surface area contributed by atoms with Gasteiger partial charge in [0, 0.05) is 11.6 Å². The number of fused-ring (bicyclic) bond motifs is 1. The topological polar surface area (TPSA) is 12.9 Å². The second-order valence-corrected chi connectivity index (χ2v) is 4.21.